The number of pyridine rings is 2. The fourth-order valence-electron chi connectivity index (χ4n) is 7.86. The summed E-state index contributed by atoms with van der Waals surface area (Å²) in [4.78, 5) is 33.0. The molecule has 0 unspecified atom stereocenters. The normalized spacial score (nSPS) is 13.1. The molecule has 9 aromatic rings. The first-order valence-corrected chi connectivity index (χ1v) is 16.8. The summed E-state index contributed by atoms with van der Waals surface area (Å²) < 4.78 is 14.6. The van der Waals surface area contributed by atoms with Gasteiger partial charge in [0.25, 0.3) is 0 Å². The lowest BCUT2D eigenvalue weighted by Gasteiger charge is -2.33. The van der Waals surface area contributed by atoms with E-state index in [1.54, 1.807) is 6.07 Å². The molecular weight excluding hydrogens is 635 g/mol. The largest absolute Gasteiger partial charge is 0.453 e. The van der Waals surface area contributed by atoms with E-state index in [2.05, 4.69) is 14.2 Å². The van der Waals surface area contributed by atoms with Crippen LogP contribution in [0.1, 0.15) is 0 Å². The molecule has 2 aromatic heterocycles. The summed E-state index contributed by atoms with van der Waals surface area (Å²) >= 11 is 0. The highest BCUT2D eigenvalue weighted by molar-refractivity contribution is 6.09. The SMILES string of the molecule is O=c1c2cc(N3c4ccccc4Oc4ccccc43)ccc2n2c3ccc(N4c5ccccc5Oc5ccccc54)cc3c(=O)c3cccc1c32. The van der Waals surface area contributed by atoms with Gasteiger partial charge in [-0.2, -0.15) is 0 Å². The van der Waals surface area contributed by atoms with Crippen molar-refractivity contribution >= 4 is 72.2 Å². The molecule has 7 heteroatoms. The molecule has 0 atom stereocenters. The Hall–Kier alpha value is -7.12. The second-order valence-corrected chi connectivity index (χ2v) is 12.8. The van der Waals surface area contributed by atoms with Gasteiger partial charge in [0.05, 0.1) is 39.3 Å². The topological polar surface area (TPSA) is 63.5 Å². The van der Waals surface area contributed by atoms with Gasteiger partial charge in [-0.15, -0.1) is 0 Å². The summed E-state index contributed by atoms with van der Waals surface area (Å²) in [6.45, 7) is 0. The monoisotopic (exact) mass is 659 g/mol. The second-order valence-electron chi connectivity index (χ2n) is 12.8. The Balaban J connectivity index is 1.18. The van der Waals surface area contributed by atoms with Gasteiger partial charge in [-0.3, -0.25) is 9.59 Å². The lowest BCUT2D eigenvalue weighted by Crippen LogP contribution is -2.18. The maximum absolute atomic E-state index is 14.4. The summed E-state index contributed by atoms with van der Waals surface area (Å²) in [5, 5.41) is 2.11. The Kier molecular flexibility index (Phi) is 5.56. The van der Waals surface area contributed by atoms with Gasteiger partial charge in [0.1, 0.15) is 0 Å². The van der Waals surface area contributed by atoms with E-state index in [0.717, 1.165) is 68.2 Å². The van der Waals surface area contributed by atoms with Gasteiger partial charge in [-0.25, -0.2) is 0 Å². The van der Waals surface area contributed by atoms with Crippen molar-refractivity contribution in [3.63, 3.8) is 0 Å². The second kappa shape index (κ2) is 10.2. The lowest BCUT2D eigenvalue weighted by molar-refractivity contribution is 0.477. The molecule has 240 valence electrons. The molecule has 7 aromatic carbocycles. The van der Waals surface area contributed by atoms with Crippen LogP contribution in [0.5, 0.6) is 23.0 Å². The van der Waals surface area contributed by atoms with E-state index in [4.69, 9.17) is 9.47 Å². The van der Waals surface area contributed by atoms with Crippen molar-refractivity contribution in [3.05, 3.63) is 172 Å². The number of hydrogen-bond acceptors (Lipinski definition) is 6. The fraction of sp³-hybridized carbons (Fsp3) is 0. The minimum absolute atomic E-state index is 0.121. The maximum Gasteiger partial charge on any atom is 0.197 e. The lowest BCUT2D eigenvalue weighted by atomic mass is 10.0. The summed E-state index contributed by atoms with van der Waals surface area (Å²) in [5.41, 5.74) is 7.03. The summed E-state index contributed by atoms with van der Waals surface area (Å²) in [7, 11) is 0. The average molecular weight is 660 g/mol. The standard InChI is InChI=1S/C44H25N3O4/c48-43-28-10-9-11-29-42(28)47(32-22-20-26(24-30(32)43)45-34-12-1-5-16-38(34)50-39-17-6-2-13-35(39)45)33-23-21-27(25-31(33)44(29)49)46-36-14-3-7-18-40(36)51-41-19-8-4-15-37(41)46/h1-25H. The zero-order valence-electron chi connectivity index (χ0n) is 26.9. The van der Waals surface area contributed by atoms with Crippen LogP contribution in [0.4, 0.5) is 34.1 Å². The molecule has 7 nitrogen and oxygen atoms in total. The van der Waals surface area contributed by atoms with Gasteiger partial charge in [0, 0.05) is 32.9 Å². The van der Waals surface area contributed by atoms with Crippen molar-refractivity contribution in [2.24, 2.45) is 0 Å². The molecule has 0 N–H and O–H groups in total. The van der Waals surface area contributed by atoms with Crippen LogP contribution in [-0.4, -0.2) is 4.40 Å². The third-order valence-electron chi connectivity index (χ3n) is 10.1. The number of rotatable bonds is 2. The predicted molar refractivity (Wildman–Crippen MR) is 203 cm³/mol. The summed E-state index contributed by atoms with van der Waals surface area (Å²) in [5.74, 6) is 2.94. The molecular formula is C44H25N3O4. The molecule has 0 radical (unpaired) electrons. The van der Waals surface area contributed by atoms with Crippen molar-refractivity contribution < 1.29 is 9.47 Å². The van der Waals surface area contributed by atoms with Crippen molar-refractivity contribution in [1.82, 2.24) is 4.40 Å². The number of anilines is 6. The maximum atomic E-state index is 14.4. The molecule has 4 heterocycles. The highest BCUT2D eigenvalue weighted by atomic mass is 16.5. The number of aromatic nitrogens is 1. The Morgan fingerprint density at radius 2 is 0.745 bits per heavy atom. The minimum atomic E-state index is -0.121. The number of hydrogen-bond donors (Lipinski definition) is 0. The number of ether oxygens (including phenoxy) is 2. The van der Waals surface area contributed by atoms with E-state index in [9.17, 15) is 9.59 Å². The fourth-order valence-corrected chi connectivity index (χ4v) is 7.86. The van der Waals surface area contributed by atoms with Crippen LogP contribution in [0.2, 0.25) is 0 Å². The number of nitrogens with zero attached hydrogens (tertiary/aromatic N) is 3. The van der Waals surface area contributed by atoms with Crippen LogP contribution >= 0.6 is 0 Å². The Labute approximate surface area is 290 Å². The van der Waals surface area contributed by atoms with Crippen LogP contribution < -0.4 is 30.1 Å². The molecule has 0 amide bonds. The van der Waals surface area contributed by atoms with Crippen molar-refractivity contribution in [2.45, 2.75) is 0 Å². The predicted octanol–water partition coefficient (Wildman–Crippen LogP) is 10.7. The van der Waals surface area contributed by atoms with Crippen LogP contribution in [-0.2, 0) is 0 Å². The molecule has 0 aliphatic carbocycles. The Bertz CT molecular complexity index is 2770. The first kappa shape index (κ1) is 27.8. The molecule has 0 saturated heterocycles. The molecule has 0 bridgehead atoms. The number of para-hydroxylation sites is 9. The first-order chi connectivity index (χ1) is 25.1. The molecule has 0 fully saturated rings. The number of benzene rings is 7. The zero-order chi connectivity index (χ0) is 33.8. The van der Waals surface area contributed by atoms with E-state index in [1.807, 2.05) is 146 Å². The quantitative estimate of drug-likeness (QED) is 0.136. The molecule has 11 rings (SSSR count). The van der Waals surface area contributed by atoms with Crippen molar-refractivity contribution in [2.75, 3.05) is 9.80 Å². The highest BCUT2D eigenvalue weighted by Crippen LogP contribution is 2.52. The van der Waals surface area contributed by atoms with Gasteiger partial charge in [-0.1, -0.05) is 54.6 Å². The smallest absolute Gasteiger partial charge is 0.197 e. The van der Waals surface area contributed by atoms with Gasteiger partial charge < -0.3 is 23.7 Å². The highest BCUT2D eigenvalue weighted by Gasteiger charge is 2.28. The molecule has 0 saturated carbocycles. The molecule has 0 spiro atoms. The van der Waals surface area contributed by atoms with E-state index in [0.29, 0.717) is 27.1 Å². The molecule has 2 aliphatic heterocycles. The van der Waals surface area contributed by atoms with E-state index in [-0.39, 0.29) is 10.9 Å². The van der Waals surface area contributed by atoms with Gasteiger partial charge in [-0.05, 0) is 97.1 Å². The van der Waals surface area contributed by atoms with E-state index in [1.165, 1.54) is 0 Å². The number of fused-ring (bicyclic) bond motifs is 8. The van der Waals surface area contributed by atoms with Crippen LogP contribution in [0, 0.1) is 0 Å². The zero-order valence-corrected chi connectivity index (χ0v) is 26.9. The molecule has 51 heavy (non-hydrogen) atoms. The summed E-state index contributed by atoms with van der Waals surface area (Å²) in [6, 6.07) is 49.0. The van der Waals surface area contributed by atoms with Crippen molar-refractivity contribution in [1.29, 1.82) is 0 Å². The van der Waals surface area contributed by atoms with E-state index < -0.39 is 0 Å². The third-order valence-corrected chi connectivity index (χ3v) is 10.1. The van der Waals surface area contributed by atoms with Gasteiger partial charge in [0.15, 0.2) is 33.9 Å². The minimum Gasteiger partial charge on any atom is -0.453 e. The van der Waals surface area contributed by atoms with Crippen molar-refractivity contribution in [3.8, 4) is 23.0 Å². The first-order valence-electron chi connectivity index (χ1n) is 16.8. The van der Waals surface area contributed by atoms with E-state index >= 15 is 0 Å². The van der Waals surface area contributed by atoms with Gasteiger partial charge >= 0.3 is 0 Å². The van der Waals surface area contributed by atoms with Crippen LogP contribution in [0.25, 0.3) is 38.1 Å². The van der Waals surface area contributed by atoms with Crippen LogP contribution in [0.15, 0.2) is 161 Å². The Morgan fingerprint density at radius 1 is 0.373 bits per heavy atom. The summed E-state index contributed by atoms with van der Waals surface area (Å²) in [6.07, 6.45) is 0. The van der Waals surface area contributed by atoms with Crippen LogP contribution in [0.3, 0.4) is 0 Å². The Morgan fingerprint density at radius 3 is 1.14 bits per heavy atom. The van der Waals surface area contributed by atoms with Gasteiger partial charge in [0.2, 0.25) is 0 Å². The third kappa shape index (κ3) is 3.82. The molecule has 2 aliphatic rings. The average Bonchev–Trinajstić information content (AvgIpc) is 3.18.